The number of pyridine rings is 1. The van der Waals surface area contributed by atoms with E-state index in [0.717, 1.165) is 15.6 Å². The van der Waals surface area contributed by atoms with Gasteiger partial charge in [-0.1, -0.05) is 39.7 Å². The highest BCUT2D eigenvalue weighted by Gasteiger charge is 2.13. The zero-order valence-corrected chi connectivity index (χ0v) is 12.2. The van der Waals surface area contributed by atoms with Crippen molar-refractivity contribution in [3.63, 3.8) is 0 Å². The van der Waals surface area contributed by atoms with Crippen molar-refractivity contribution in [1.82, 2.24) is 10.4 Å². The number of hydrazine groups is 1. The molecule has 3 nitrogen and oxygen atoms in total. The Bertz CT molecular complexity index is 562. The van der Waals surface area contributed by atoms with Crippen molar-refractivity contribution >= 4 is 27.5 Å². The van der Waals surface area contributed by atoms with Crippen LogP contribution < -0.4 is 11.3 Å². The van der Waals surface area contributed by atoms with Gasteiger partial charge < -0.3 is 0 Å². The van der Waals surface area contributed by atoms with Gasteiger partial charge in [-0.05, 0) is 35.7 Å². The van der Waals surface area contributed by atoms with Crippen molar-refractivity contribution < 1.29 is 4.39 Å². The molecule has 0 fully saturated rings. The summed E-state index contributed by atoms with van der Waals surface area (Å²) >= 11 is 9.09. The SMILES string of the molecule is NNC(Cc1ccc(F)cc1Br)c1ccc(Cl)nc1. The molecule has 1 unspecified atom stereocenters. The van der Waals surface area contributed by atoms with Gasteiger partial charge in [-0.3, -0.25) is 11.3 Å². The summed E-state index contributed by atoms with van der Waals surface area (Å²) in [5.74, 6) is 5.29. The smallest absolute Gasteiger partial charge is 0.129 e. The molecule has 0 amide bonds. The fourth-order valence-corrected chi connectivity index (χ4v) is 2.40. The number of hydrogen-bond donors (Lipinski definition) is 2. The first-order valence-corrected chi connectivity index (χ1v) is 6.78. The Morgan fingerprint density at radius 1 is 1.37 bits per heavy atom. The van der Waals surface area contributed by atoms with Crippen LogP contribution in [-0.2, 0) is 6.42 Å². The highest BCUT2D eigenvalue weighted by atomic mass is 79.9. The van der Waals surface area contributed by atoms with E-state index >= 15 is 0 Å². The molecule has 0 saturated carbocycles. The van der Waals surface area contributed by atoms with Crippen molar-refractivity contribution in [1.29, 1.82) is 0 Å². The van der Waals surface area contributed by atoms with Gasteiger partial charge in [0, 0.05) is 10.7 Å². The molecule has 0 aliphatic carbocycles. The predicted octanol–water partition coefficient (Wildman–Crippen LogP) is 3.38. The number of aromatic nitrogens is 1. The van der Waals surface area contributed by atoms with Gasteiger partial charge >= 0.3 is 0 Å². The number of nitrogens with one attached hydrogen (secondary N) is 1. The Morgan fingerprint density at radius 3 is 2.74 bits per heavy atom. The molecule has 0 bridgehead atoms. The maximum atomic E-state index is 13.0. The molecule has 19 heavy (non-hydrogen) atoms. The normalized spacial score (nSPS) is 12.4. The predicted molar refractivity (Wildman–Crippen MR) is 77.1 cm³/mol. The van der Waals surface area contributed by atoms with Gasteiger partial charge in [0.1, 0.15) is 11.0 Å². The van der Waals surface area contributed by atoms with Crippen LogP contribution in [0.2, 0.25) is 5.15 Å². The van der Waals surface area contributed by atoms with Gasteiger partial charge in [-0.15, -0.1) is 0 Å². The van der Waals surface area contributed by atoms with E-state index in [9.17, 15) is 4.39 Å². The quantitative estimate of drug-likeness (QED) is 0.508. The van der Waals surface area contributed by atoms with Crippen LogP contribution in [0.15, 0.2) is 41.0 Å². The highest BCUT2D eigenvalue weighted by Crippen LogP contribution is 2.24. The Hall–Kier alpha value is -1.01. The second kappa shape index (κ2) is 6.43. The topological polar surface area (TPSA) is 50.9 Å². The molecule has 0 radical (unpaired) electrons. The summed E-state index contributed by atoms with van der Waals surface area (Å²) in [6.07, 6.45) is 2.28. The van der Waals surface area contributed by atoms with Crippen LogP contribution in [0.5, 0.6) is 0 Å². The second-order valence-corrected chi connectivity index (χ2v) is 5.31. The summed E-state index contributed by atoms with van der Waals surface area (Å²) in [5, 5.41) is 0.433. The molecule has 0 aliphatic heterocycles. The molecule has 1 heterocycles. The Kier molecular flexibility index (Phi) is 4.87. The third-order valence-electron chi connectivity index (χ3n) is 2.79. The minimum absolute atomic E-state index is 0.119. The van der Waals surface area contributed by atoms with E-state index in [2.05, 4.69) is 26.3 Å². The minimum Gasteiger partial charge on any atom is -0.271 e. The molecule has 1 aromatic carbocycles. The first kappa shape index (κ1) is 14.4. The fraction of sp³-hybridized carbons (Fsp3) is 0.154. The van der Waals surface area contributed by atoms with E-state index < -0.39 is 0 Å². The van der Waals surface area contributed by atoms with Crippen LogP contribution in [-0.4, -0.2) is 4.98 Å². The second-order valence-electron chi connectivity index (χ2n) is 4.07. The molecule has 0 spiro atoms. The first-order chi connectivity index (χ1) is 9.10. The molecule has 0 aliphatic rings. The molecular formula is C13H12BrClFN3. The van der Waals surface area contributed by atoms with E-state index in [1.165, 1.54) is 12.1 Å². The van der Waals surface area contributed by atoms with Gasteiger partial charge in [0.2, 0.25) is 0 Å². The first-order valence-electron chi connectivity index (χ1n) is 5.61. The molecule has 2 rings (SSSR count). The van der Waals surface area contributed by atoms with Gasteiger partial charge in [0.05, 0.1) is 6.04 Å². The lowest BCUT2D eigenvalue weighted by Gasteiger charge is -2.17. The monoisotopic (exact) mass is 343 g/mol. The van der Waals surface area contributed by atoms with E-state index in [-0.39, 0.29) is 11.9 Å². The number of nitrogens with two attached hydrogens (primary N) is 1. The van der Waals surface area contributed by atoms with Crippen molar-refractivity contribution in [3.05, 3.63) is 63.1 Å². The molecule has 100 valence electrons. The number of halogens is 3. The summed E-state index contributed by atoms with van der Waals surface area (Å²) < 4.78 is 13.8. The van der Waals surface area contributed by atoms with Crippen LogP contribution in [0.3, 0.4) is 0 Å². The Balaban J connectivity index is 2.21. The molecule has 1 aromatic heterocycles. The molecule has 6 heteroatoms. The standard InChI is InChI=1S/C13H12BrClFN3/c14-11-6-10(16)3-1-8(11)5-12(19-17)9-2-4-13(15)18-7-9/h1-4,6-7,12,19H,5,17H2. The molecule has 0 saturated heterocycles. The lowest BCUT2D eigenvalue weighted by atomic mass is 10.0. The van der Waals surface area contributed by atoms with Crippen LogP contribution in [0.4, 0.5) is 4.39 Å². The summed E-state index contributed by atoms with van der Waals surface area (Å²) in [6, 6.07) is 8.04. The largest absolute Gasteiger partial charge is 0.271 e. The number of hydrogen-bond acceptors (Lipinski definition) is 3. The highest BCUT2D eigenvalue weighted by molar-refractivity contribution is 9.10. The van der Waals surface area contributed by atoms with Crippen molar-refractivity contribution in [2.45, 2.75) is 12.5 Å². The zero-order valence-electron chi connectivity index (χ0n) is 9.91. The third-order valence-corrected chi connectivity index (χ3v) is 3.75. The lowest BCUT2D eigenvalue weighted by Crippen LogP contribution is -2.29. The zero-order chi connectivity index (χ0) is 13.8. The van der Waals surface area contributed by atoms with Crippen molar-refractivity contribution in [2.75, 3.05) is 0 Å². The average molecular weight is 345 g/mol. The molecule has 1 atom stereocenters. The van der Waals surface area contributed by atoms with Crippen LogP contribution in [0.1, 0.15) is 17.2 Å². The summed E-state index contributed by atoms with van der Waals surface area (Å²) in [4.78, 5) is 4.02. The lowest BCUT2D eigenvalue weighted by molar-refractivity contribution is 0.548. The van der Waals surface area contributed by atoms with E-state index in [0.29, 0.717) is 11.6 Å². The van der Waals surface area contributed by atoms with Crippen molar-refractivity contribution in [3.8, 4) is 0 Å². The van der Waals surface area contributed by atoms with Crippen LogP contribution in [0.25, 0.3) is 0 Å². The third kappa shape index (κ3) is 3.73. The van der Waals surface area contributed by atoms with Crippen LogP contribution >= 0.6 is 27.5 Å². The summed E-state index contributed by atoms with van der Waals surface area (Å²) in [5.41, 5.74) is 4.61. The molecule has 3 N–H and O–H groups in total. The maximum Gasteiger partial charge on any atom is 0.129 e. The Labute approximate surface area is 124 Å². The average Bonchev–Trinajstić information content (AvgIpc) is 2.39. The number of rotatable bonds is 4. The van der Waals surface area contributed by atoms with Gasteiger partial charge in [0.15, 0.2) is 0 Å². The van der Waals surface area contributed by atoms with E-state index in [1.807, 2.05) is 6.07 Å². The number of nitrogens with zero attached hydrogens (tertiary/aromatic N) is 1. The van der Waals surface area contributed by atoms with Gasteiger partial charge in [-0.25, -0.2) is 9.37 Å². The Morgan fingerprint density at radius 2 is 2.16 bits per heavy atom. The van der Waals surface area contributed by atoms with Crippen molar-refractivity contribution in [2.24, 2.45) is 5.84 Å². The molecule has 2 aromatic rings. The molecular weight excluding hydrogens is 333 g/mol. The summed E-state index contributed by atoms with van der Waals surface area (Å²) in [6.45, 7) is 0. The van der Waals surface area contributed by atoms with Gasteiger partial charge in [-0.2, -0.15) is 0 Å². The van der Waals surface area contributed by atoms with Crippen LogP contribution in [0, 0.1) is 5.82 Å². The number of benzene rings is 1. The maximum absolute atomic E-state index is 13.0. The summed E-state index contributed by atoms with van der Waals surface area (Å²) in [7, 11) is 0. The van der Waals surface area contributed by atoms with E-state index in [4.69, 9.17) is 17.4 Å². The van der Waals surface area contributed by atoms with E-state index in [1.54, 1.807) is 18.3 Å². The minimum atomic E-state index is -0.277. The van der Waals surface area contributed by atoms with Gasteiger partial charge in [0.25, 0.3) is 0 Å². The fourth-order valence-electron chi connectivity index (χ4n) is 1.77.